The number of carbonyl (C=O) groups is 1. The van der Waals surface area contributed by atoms with Crippen molar-refractivity contribution >= 4 is 29.3 Å². The van der Waals surface area contributed by atoms with Gasteiger partial charge in [-0.15, -0.1) is 10.2 Å². The Morgan fingerprint density at radius 2 is 2.22 bits per heavy atom. The highest BCUT2D eigenvalue weighted by Gasteiger charge is 2.15. The molecule has 0 fully saturated rings. The summed E-state index contributed by atoms with van der Waals surface area (Å²) >= 11 is 7.38. The smallest absolute Gasteiger partial charge is 0.230 e. The van der Waals surface area contributed by atoms with E-state index in [0.29, 0.717) is 21.8 Å². The molecule has 1 amide bonds. The van der Waals surface area contributed by atoms with Crippen LogP contribution < -0.4 is 5.32 Å². The minimum Gasteiger partial charge on any atom is -0.352 e. The van der Waals surface area contributed by atoms with Gasteiger partial charge in [0.25, 0.3) is 0 Å². The molecule has 2 aromatic rings. The largest absolute Gasteiger partial charge is 0.352 e. The Balaban J connectivity index is 2.00. The molecular weight excluding hydrogens is 332 g/mol. The zero-order valence-corrected chi connectivity index (χ0v) is 15.1. The zero-order valence-electron chi connectivity index (χ0n) is 13.5. The van der Waals surface area contributed by atoms with Crippen LogP contribution in [0, 0.1) is 5.92 Å². The second-order valence-corrected chi connectivity index (χ2v) is 6.96. The first-order chi connectivity index (χ1) is 11.0. The number of benzene rings is 1. The fraction of sp³-hybridized carbons (Fsp3) is 0.438. The fourth-order valence-electron chi connectivity index (χ4n) is 2.24. The van der Waals surface area contributed by atoms with Crippen LogP contribution in [0.5, 0.6) is 0 Å². The van der Waals surface area contributed by atoms with E-state index >= 15 is 0 Å². The minimum absolute atomic E-state index is 0.0104. The van der Waals surface area contributed by atoms with Gasteiger partial charge < -0.3 is 5.32 Å². The molecule has 0 bridgehead atoms. The number of aromatic nitrogens is 3. The standard InChI is InChI=1S/C16H21ClN4OS/c1-4-14(11(2)3)19-15(22)9-23-16-20-18-10-21(16)13-7-5-6-12(17)8-13/h5-8,10-11,14H,4,9H2,1-3H3,(H,19,22). The van der Waals surface area contributed by atoms with Gasteiger partial charge in [-0.2, -0.15) is 0 Å². The van der Waals surface area contributed by atoms with Crippen LogP contribution in [0.15, 0.2) is 35.7 Å². The van der Waals surface area contributed by atoms with E-state index in [4.69, 9.17) is 11.6 Å². The lowest BCUT2D eigenvalue weighted by molar-refractivity contribution is -0.119. The molecule has 0 aliphatic rings. The van der Waals surface area contributed by atoms with Crippen molar-refractivity contribution in [3.05, 3.63) is 35.6 Å². The summed E-state index contributed by atoms with van der Waals surface area (Å²) in [6, 6.07) is 7.64. The summed E-state index contributed by atoms with van der Waals surface area (Å²) in [5, 5.41) is 12.4. The molecule has 0 spiro atoms. The molecule has 124 valence electrons. The number of rotatable bonds is 7. The van der Waals surface area contributed by atoms with Crippen LogP contribution in [0.3, 0.4) is 0 Å². The van der Waals surface area contributed by atoms with Crippen LogP contribution >= 0.6 is 23.4 Å². The SMILES string of the molecule is CCC(NC(=O)CSc1nncn1-c1cccc(Cl)c1)C(C)C. The van der Waals surface area contributed by atoms with Crippen LogP contribution in [0.25, 0.3) is 5.69 Å². The number of hydrogen-bond donors (Lipinski definition) is 1. The molecule has 1 N–H and O–H groups in total. The topological polar surface area (TPSA) is 59.8 Å². The maximum Gasteiger partial charge on any atom is 0.230 e. The number of thioether (sulfide) groups is 1. The molecule has 0 saturated heterocycles. The van der Waals surface area contributed by atoms with Crippen LogP contribution in [-0.2, 0) is 4.79 Å². The van der Waals surface area contributed by atoms with E-state index in [1.54, 1.807) is 6.33 Å². The maximum absolute atomic E-state index is 12.1. The number of nitrogens with zero attached hydrogens (tertiary/aromatic N) is 3. The highest BCUT2D eigenvalue weighted by Crippen LogP contribution is 2.21. The molecule has 0 saturated carbocycles. The van der Waals surface area contributed by atoms with Crippen molar-refractivity contribution in [3.8, 4) is 5.69 Å². The van der Waals surface area contributed by atoms with Crippen LogP contribution in [0.1, 0.15) is 27.2 Å². The number of hydrogen-bond acceptors (Lipinski definition) is 4. The van der Waals surface area contributed by atoms with Gasteiger partial charge in [-0.3, -0.25) is 9.36 Å². The van der Waals surface area contributed by atoms with Crippen molar-refractivity contribution in [2.75, 3.05) is 5.75 Å². The number of halogens is 1. The predicted molar refractivity (Wildman–Crippen MR) is 94.2 cm³/mol. The molecule has 5 nitrogen and oxygen atoms in total. The van der Waals surface area contributed by atoms with Gasteiger partial charge >= 0.3 is 0 Å². The van der Waals surface area contributed by atoms with E-state index in [-0.39, 0.29) is 11.9 Å². The van der Waals surface area contributed by atoms with Gasteiger partial charge in [0.1, 0.15) is 6.33 Å². The molecule has 0 radical (unpaired) electrons. The Labute approximate surface area is 145 Å². The zero-order chi connectivity index (χ0) is 16.8. The summed E-state index contributed by atoms with van der Waals surface area (Å²) in [6.45, 7) is 6.29. The normalized spacial score (nSPS) is 12.4. The van der Waals surface area contributed by atoms with Gasteiger partial charge in [0.15, 0.2) is 5.16 Å². The van der Waals surface area contributed by atoms with E-state index in [1.807, 2.05) is 28.8 Å². The number of amides is 1. The summed E-state index contributed by atoms with van der Waals surface area (Å²) in [6.07, 6.45) is 2.54. The van der Waals surface area contributed by atoms with Crippen LogP contribution in [0.2, 0.25) is 5.02 Å². The van der Waals surface area contributed by atoms with E-state index in [9.17, 15) is 4.79 Å². The summed E-state index contributed by atoms with van der Waals surface area (Å²) in [7, 11) is 0. The third kappa shape index (κ3) is 4.97. The Morgan fingerprint density at radius 1 is 1.43 bits per heavy atom. The van der Waals surface area contributed by atoms with Crippen molar-refractivity contribution in [1.82, 2.24) is 20.1 Å². The summed E-state index contributed by atoms with van der Waals surface area (Å²) in [5.41, 5.74) is 0.874. The molecule has 1 aromatic heterocycles. The lowest BCUT2D eigenvalue weighted by Gasteiger charge is -2.20. The van der Waals surface area contributed by atoms with Crippen molar-refractivity contribution in [2.45, 2.75) is 38.4 Å². The van der Waals surface area contributed by atoms with Gasteiger partial charge in [-0.05, 0) is 30.5 Å². The van der Waals surface area contributed by atoms with E-state index in [0.717, 1.165) is 12.1 Å². The van der Waals surface area contributed by atoms with Gasteiger partial charge in [-0.25, -0.2) is 0 Å². The van der Waals surface area contributed by atoms with Gasteiger partial charge in [-0.1, -0.05) is 50.2 Å². The third-order valence-electron chi connectivity index (χ3n) is 3.53. The van der Waals surface area contributed by atoms with Crippen molar-refractivity contribution < 1.29 is 4.79 Å². The first-order valence-electron chi connectivity index (χ1n) is 7.59. The van der Waals surface area contributed by atoms with E-state index in [1.165, 1.54) is 11.8 Å². The van der Waals surface area contributed by atoms with Gasteiger partial charge in [0.2, 0.25) is 5.91 Å². The van der Waals surface area contributed by atoms with Gasteiger partial charge in [0.05, 0.1) is 11.4 Å². The highest BCUT2D eigenvalue weighted by molar-refractivity contribution is 7.99. The summed E-state index contributed by atoms with van der Waals surface area (Å²) in [4.78, 5) is 12.1. The molecule has 0 aliphatic heterocycles. The molecule has 1 atom stereocenters. The molecule has 1 unspecified atom stereocenters. The third-order valence-corrected chi connectivity index (χ3v) is 4.70. The molecule has 1 aromatic carbocycles. The van der Waals surface area contributed by atoms with E-state index < -0.39 is 0 Å². The Hall–Kier alpha value is -1.53. The monoisotopic (exact) mass is 352 g/mol. The molecule has 0 aliphatic carbocycles. The fourth-order valence-corrected chi connectivity index (χ4v) is 3.17. The maximum atomic E-state index is 12.1. The summed E-state index contributed by atoms with van der Waals surface area (Å²) in [5.74, 6) is 0.739. The first kappa shape index (κ1) is 17.8. The Kier molecular flexibility index (Phi) is 6.47. The molecule has 7 heteroatoms. The van der Waals surface area contributed by atoms with Crippen LogP contribution in [0.4, 0.5) is 0 Å². The Morgan fingerprint density at radius 3 is 2.87 bits per heavy atom. The molecule has 2 rings (SSSR count). The first-order valence-corrected chi connectivity index (χ1v) is 8.95. The van der Waals surface area contributed by atoms with Crippen molar-refractivity contribution in [2.24, 2.45) is 5.92 Å². The second-order valence-electron chi connectivity index (χ2n) is 5.58. The van der Waals surface area contributed by atoms with Crippen molar-refractivity contribution in [3.63, 3.8) is 0 Å². The molecule has 1 heterocycles. The van der Waals surface area contributed by atoms with Crippen molar-refractivity contribution in [1.29, 1.82) is 0 Å². The second kappa shape index (κ2) is 8.36. The van der Waals surface area contributed by atoms with Gasteiger partial charge in [0, 0.05) is 11.1 Å². The average molecular weight is 353 g/mol. The number of nitrogens with one attached hydrogen (secondary N) is 1. The molecule has 23 heavy (non-hydrogen) atoms. The predicted octanol–water partition coefficient (Wildman–Crippen LogP) is 3.56. The van der Waals surface area contributed by atoms with Crippen LogP contribution in [-0.4, -0.2) is 32.5 Å². The minimum atomic E-state index is 0.0104. The lowest BCUT2D eigenvalue weighted by atomic mass is 10.0. The highest BCUT2D eigenvalue weighted by atomic mass is 35.5. The quantitative estimate of drug-likeness (QED) is 0.774. The Bertz CT molecular complexity index is 659. The average Bonchev–Trinajstić information content (AvgIpc) is 2.98. The summed E-state index contributed by atoms with van der Waals surface area (Å²) < 4.78 is 1.82. The lowest BCUT2D eigenvalue weighted by Crippen LogP contribution is -2.39. The molecular formula is C16H21ClN4OS. The number of carbonyl (C=O) groups excluding carboxylic acids is 1. The van der Waals surface area contributed by atoms with E-state index in [2.05, 4.69) is 36.3 Å².